The molecule has 8 aromatic rings. The summed E-state index contributed by atoms with van der Waals surface area (Å²) in [4.78, 5) is 9.43. The van der Waals surface area contributed by atoms with Crippen LogP contribution in [0.5, 0.6) is 11.6 Å². The van der Waals surface area contributed by atoms with Crippen LogP contribution in [0.2, 0.25) is 0 Å². The average Bonchev–Trinajstić information content (AvgIpc) is 3.71. The average molecular weight is 965 g/mol. The molecule has 0 amide bonds. The Balaban J connectivity index is 0.00000499. The van der Waals surface area contributed by atoms with E-state index < -0.39 is 0 Å². The molecule has 5 nitrogen and oxygen atoms in total. The van der Waals surface area contributed by atoms with Crippen molar-refractivity contribution in [3.05, 3.63) is 171 Å². The largest absolute Gasteiger partial charge is 0.504 e. The third kappa shape index (κ3) is 6.74. The van der Waals surface area contributed by atoms with Crippen LogP contribution < -0.4 is 30.9 Å². The first kappa shape index (κ1) is 41.2. The van der Waals surface area contributed by atoms with Gasteiger partial charge in [-0.1, -0.05) is 103 Å². The molecule has 0 bridgehead atoms. The van der Waals surface area contributed by atoms with E-state index >= 15 is 0 Å². The van der Waals surface area contributed by atoms with Crippen molar-refractivity contribution in [1.29, 1.82) is 0 Å². The van der Waals surface area contributed by atoms with Gasteiger partial charge in [-0.2, -0.15) is 12.7 Å². The zero-order valence-corrected chi connectivity index (χ0v) is 38.7. The number of pyridine rings is 1. The molecule has 304 valence electrons. The van der Waals surface area contributed by atoms with Gasteiger partial charge in [-0.25, -0.2) is 0 Å². The molecule has 0 radical (unpaired) electrons. The number of anilines is 3. The summed E-state index contributed by atoms with van der Waals surface area (Å²) in [5.74, 6) is 1.11. The molecule has 3 heterocycles. The van der Waals surface area contributed by atoms with Crippen molar-refractivity contribution >= 4 is 62.1 Å². The number of benzene rings is 6. The summed E-state index contributed by atoms with van der Waals surface area (Å²) in [6.07, 6.45) is 0. The number of aromatic nitrogens is 2. The van der Waals surface area contributed by atoms with Crippen LogP contribution in [0.1, 0.15) is 55.6 Å². The van der Waals surface area contributed by atoms with E-state index in [0.717, 1.165) is 39.0 Å². The third-order valence-electron chi connectivity index (χ3n) is 12.6. The van der Waals surface area contributed by atoms with Crippen LogP contribution in [0.25, 0.3) is 27.6 Å². The molecule has 0 aliphatic carbocycles. The standard InChI is InChI=1S/C53H50BN4O.Pt/c1-31-25-33(3)49(34(4)26-31)54(50-35(5)27-32(2)28-36(50)6)51-37(7)39(9)53(40(10)38(51)8)58-44-20-13-12-19-43(44)52-47(58)23-24-48(55-52)59-42-18-16-17-41(29-42)57-30-56(11)45-21-14-15-22-46(45)57;/h12-18,20-28,30H,1-11H3;/q-3;. The van der Waals surface area contributed by atoms with Crippen molar-refractivity contribution in [1.82, 2.24) is 9.55 Å². The normalized spacial score (nSPS) is 12.3. The van der Waals surface area contributed by atoms with Gasteiger partial charge in [0.25, 0.3) is 0 Å². The van der Waals surface area contributed by atoms with E-state index in [9.17, 15) is 0 Å². The second kappa shape index (κ2) is 15.8. The zero-order valence-electron chi connectivity index (χ0n) is 36.4. The second-order valence-electron chi connectivity index (χ2n) is 16.7. The number of aryl methyl sites for hydroxylation is 6. The maximum absolute atomic E-state index is 6.49. The van der Waals surface area contributed by atoms with Crippen LogP contribution in [-0.4, -0.2) is 23.3 Å². The number of ether oxygens (including phenoxy) is 1. The molecule has 60 heavy (non-hydrogen) atoms. The van der Waals surface area contributed by atoms with E-state index in [0.29, 0.717) is 11.6 Å². The Bertz CT molecular complexity index is 2870. The molecule has 0 N–H and O–H groups in total. The Morgan fingerprint density at radius 2 is 1.22 bits per heavy atom. The molecule has 0 saturated carbocycles. The van der Waals surface area contributed by atoms with E-state index in [4.69, 9.17) is 9.72 Å². The van der Waals surface area contributed by atoms with Crippen molar-refractivity contribution in [2.45, 2.75) is 69.2 Å². The Kier molecular flexibility index (Phi) is 10.8. The van der Waals surface area contributed by atoms with Crippen molar-refractivity contribution in [2.75, 3.05) is 16.8 Å². The van der Waals surface area contributed by atoms with Gasteiger partial charge in [0.1, 0.15) is 0 Å². The molecule has 0 atom stereocenters. The molecular formula is C53H50BN4OPt-3. The molecule has 0 spiro atoms. The van der Waals surface area contributed by atoms with Crippen molar-refractivity contribution in [2.24, 2.45) is 0 Å². The molecule has 1 aliphatic rings. The number of nitrogens with zero attached hydrogens (tertiary/aromatic N) is 4. The summed E-state index contributed by atoms with van der Waals surface area (Å²) < 4.78 is 8.89. The summed E-state index contributed by atoms with van der Waals surface area (Å²) in [6, 6.07) is 41.1. The van der Waals surface area contributed by atoms with Crippen LogP contribution in [0.15, 0.2) is 97.1 Å². The minimum absolute atomic E-state index is 0. The van der Waals surface area contributed by atoms with Gasteiger partial charge in [0.15, 0.2) is 0 Å². The summed E-state index contributed by atoms with van der Waals surface area (Å²) in [5.41, 5.74) is 24.6. The van der Waals surface area contributed by atoms with E-state index in [1.165, 1.54) is 77.7 Å². The van der Waals surface area contributed by atoms with Gasteiger partial charge < -0.3 is 19.1 Å². The van der Waals surface area contributed by atoms with Gasteiger partial charge in [-0.05, 0) is 111 Å². The number of rotatable bonds is 7. The summed E-state index contributed by atoms with van der Waals surface area (Å²) in [6.45, 7) is 25.0. The minimum Gasteiger partial charge on any atom is -0.504 e. The van der Waals surface area contributed by atoms with Crippen molar-refractivity contribution < 1.29 is 25.8 Å². The van der Waals surface area contributed by atoms with Gasteiger partial charge in [-0.15, -0.1) is 48.2 Å². The maximum atomic E-state index is 6.49. The summed E-state index contributed by atoms with van der Waals surface area (Å²) >= 11 is 0. The first-order valence-electron chi connectivity index (χ1n) is 20.6. The Labute approximate surface area is 370 Å². The van der Waals surface area contributed by atoms with Gasteiger partial charge in [0.05, 0.1) is 0 Å². The Hall–Kier alpha value is -5.58. The smallest absolute Gasteiger partial charge is 0.243 e. The van der Waals surface area contributed by atoms with Crippen molar-refractivity contribution in [3.63, 3.8) is 0 Å². The van der Waals surface area contributed by atoms with Crippen LogP contribution in [0, 0.1) is 88.0 Å². The monoisotopic (exact) mass is 964 g/mol. The van der Waals surface area contributed by atoms with Crippen LogP contribution in [0.4, 0.5) is 17.1 Å². The Morgan fingerprint density at radius 3 is 1.83 bits per heavy atom. The fraction of sp³-hybridized carbons (Fsp3) is 0.208. The number of fused-ring (bicyclic) bond motifs is 4. The topological polar surface area (TPSA) is 33.5 Å². The van der Waals surface area contributed by atoms with Crippen LogP contribution >= 0.6 is 0 Å². The fourth-order valence-electron chi connectivity index (χ4n) is 10.1. The van der Waals surface area contributed by atoms with Crippen LogP contribution in [-0.2, 0) is 21.1 Å². The second-order valence-corrected chi connectivity index (χ2v) is 16.7. The molecule has 0 saturated heterocycles. The Morgan fingerprint density at radius 1 is 0.617 bits per heavy atom. The molecule has 1 aliphatic heterocycles. The van der Waals surface area contributed by atoms with Gasteiger partial charge in [0, 0.05) is 61.0 Å². The predicted molar refractivity (Wildman–Crippen MR) is 249 cm³/mol. The molecule has 6 aromatic carbocycles. The molecule has 0 fully saturated rings. The van der Waals surface area contributed by atoms with Crippen molar-refractivity contribution in [3.8, 4) is 17.3 Å². The zero-order chi connectivity index (χ0) is 41.4. The van der Waals surface area contributed by atoms with E-state index in [1.54, 1.807) is 0 Å². The number of hydrogen-bond donors (Lipinski definition) is 0. The molecule has 7 heteroatoms. The van der Waals surface area contributed by atoms with Gasteiger partial charge in [-0.3, -0.25) is 4.98 Å². The molecule has 0 unspecified atom stereocenters. The van der Waals surface area contributed by atoms with E-state index in [2.05, 4.69) is 176 Å². The number of para-hydroxylation sites is 2. The quantitative estimate of drug-likeness (QED) is 0.118. The fourth-order valence-corrected chi connectivity index (χ4v) is 10.1. The van der Waals surface area contributed by atoms with Crippen LogP contribution in [0.3, 0.4) is 0 Å². The molecule has 9 rings (SSSR count). The van der Waals surface area contributed by atoms with E-state index in [1.807, 2.05) is 30.3 Å². The molecule has 2 aromatic heterocycles. The predicted octanol–water partition coefficient (Wildman–Crippen LogP) is 10.9. The first-order valence-corrected chi connectivity index (χ1v) is 20.6. The van der Waals surface area contributed by atoms with Gasteiger partial charge in [0.2, 0.25) is 12.6 Å². The molecular weight excluding hydrogens is 914 g/mol. The minimum atomic E-state index is 0. The summed E-state index contributed by atoms with van der Waals surface area (Å²) in [7, 11) is 2.06. The number of hydrogen-bond acceptors (Lipinski definition) is 4. The van der Waals surface area contributed by atoms with E-state index in [-0.39, 0.29) is 27.8 Å². The third-order valence-corrected chi connectivity index (χ3v) is 12.6. The summed E-state index contributed by atoms with van der Waals surface area (Å²) in [5, 5.41) is 0.963. The van der Waals surface area contributed by atoms with Gasteiger partial charge >= 0.3 is 0 Å². The SMILES string of the molecule is Cc1cc(C)c(B(c2c(C)cc(C)cc2C)c2c(C)c(C)c(-n3c4ccc[c-]c4c4nc(Oc5[c-]c(N6[CH-]N(C)c7ccccc76)ccc5)ccc43)c(C)c2C)c(C)c1.[Pt]. The maximum Gasteiger partial charge on any atom is 0.243 e. The first-order chi connectivity index (χ1) is 28.3.